The molecule has 0 aliphatic heterocycles. The Morgan fingerprint density at radius 2 is 1.65 bits per heavy atom. The Bertz CT molecular complexity index is 420. The smallest absolute Gasteiger partial charge is 0.324 e. The molecule has 1 rings (SSSR count). The van der Waals surface area contributed by atoms with Gasteiger partial charge in [-0.3, -0.25) is 0 Å². The van der Waals surface area contributed by atoms with Crippen LogP contribution in [0.2, 0.25) is 0 Å². The van der Waals surface area contributed by atoms with E-state index in [2.05, 4.69) is 13.8 Å². The maximum atomic E-state index is 12.7. The molecule has 0 heterocycles. The lowest BCUT2D eigenvalue weighted by atomic mass is 9.84. The Morgan fingerprint density at radius 3 is 2.05 bits per heavy atom. The Morgan fingerprint density at radius 1 is 1.10 bits per heavy atom. The summed E-state index contributed by atoms with van der Waals surface area (Å²) in [5.41, 5.74) is 7.15. The van der Waals surface area contributed by atoms with Gasteiger partial charge in [0.25, 0.3) is 0 Å². The monoisotopic (exact) mass is 287 g/mol. The second kappa shape index (κ2) is 7.11. The van der Waals surface area contributed by atoms with Crippen LogP contribution in [0.1, 0.15) is 62.3 Å². The fraction of sp³-hybridized carbons (Fsp3) is 0.625. The van der Waals surface area contributed by atoms with Crippen molar-refractivity contribution in [3.8, 4) is 0 Å². The Hall–Kier alpha value is -1.03. The molecule has 1 unspecified atom stereocenters. The van der Waals surface area contributed by atoms with Gasteiger partial charge in [0.15, 0.2) is 0 Å². The van der Waals surface area contributed by atoms with Crippen molar-refractivity contribution in [2.24, 2.45) is 11.7 Å². The summed E-state index contributed by atoms with van der Waals surface area (Å²) in [7, 11) is 0. The third-order valence-electron chi connectivity index (χ3n) is 3.78. The molecule has 20 heavy (non-hydrogen) atoms. The SMILES string of the molecule is CCCC(CCC)C(N)c1ccc(C(F)(F)F)cc1C. The van der Waals surface area contributed by atoms with E-state index >= 15 is 0 Å². The lowest BCUT2D eigenvalue weighted by Gasteiger charge is -2.25. The minimum absolute atomic E-state index is 0.183. The van der Waals surface area contributed by atoms with Crippen molar-refractivity contribution >= 4 is 0 Å². The number of rotatable bonds is 6. The number of hydrogen-bond donors (Lipinski definition) is 1. The number of alkyl halides is 3. The van der Waals surface area contributed by atoms with E-state index in [0.717, 1.165) is 37.3 Å². The zero-order valence-electron chi connectivity index (χ0n) is 12.4. The van der Waals surface area contributed by atoms with Crippen LogP contribution >= 0.6 is 0 Å². The molecule has 0 aliphatic rings. The average Bonchev–Trinajstić information content (AvgIpc) is 2.36. The maximum Gasteiger partial charge on any atom is 0.416 e. The third-order valence-corrected chi connectivity index (χ3v) is 3.78. The third kappa shape index (κ3) is 4.23. The van der Waals surface area contributed by atoms with Crippen LogP contribution in [0.15, 0.2) is 18.2 Å². The fourth-order valence-corrected chi connectivity index (χ4v) is 2.72. The quantitative estimate of drug-likeness (QED) is 0.761. The number of hydrogen-bond acceptors (Lipinski definition) is 1. The molecule has 0 radical (unpaired) electrons. The number of halogens is 3. The molecular formula is C16H24F3N. The van der Waals surface area contributed by atoms with Crippen molar-refractivity contribution < 1.29 is 13.2 Å². The molecule has 0 saturated carbocycles. The molecule has 0 aromatic heterocycles. The van der Waals surface area contributed by atoms with Gasteiger partial charge >= 0.3 is 6.18 Å². The molecule has 1 atom stereocenters. The van der Waals surface area contributed by atoms with Gasteiger partial charge in [-0.1, -0.05) is 32.8 Å². The molecule has 0 aliphatic carbocycles. The van der Waals surface area contributed by atoms with Crippen LogP contribution in [-0.2, 0) is 6.18 Å². The topological polar surface area (TPSA) is 26.0 Å². The summed E-state index contributed by atoms with van der Waals surface area (Å²) in [6.07, 6.45) is -0.194. The molecule has 4 heteroatoms. The molecule has 0 spiro atoms. The van der Waals surface area contributed by atoms with E-state index in [0.29, 0.717) is 11.5 Å². The first kappa shape index (κ1) is 17.0. The van der Waals surface area contributed by atoms with Gasteiger partial charge in [-0.25, -0.2) is 0 Å². The van der Waals surface area contributed by atoms with E-state index in [1.54, 1.807) is 13.0 Å². The Labute approximate surface area is 119 Å². The van der Waals surface area contributed by atoms with Crippen LogP contribution in [0.5, 0.6) is 0 Å². The van der Waals surface area contributed by atoms with Gasteiger partial charge in [-0.05, 0) is 48.9 Å². The second-order valence-corrected chi connectivity index (χ2v) is 5.43. The minimum Gasteiger partial charge on any atom is -0.324 e. The minimum atomic E-state index is -4.29. The fourth-order valence-electron chi connectivity index (χ4n) is 2.72. The summed E-state index contributed by atoms with van der Waals surface area (Å²) in [6.45, 7) is 5.92. The van der Waals surface area contributed by atoms with E-state index in [1.807, 2.05) is 0 Å². The van der Waals surface area contributed by atoms with E-state index in [1.165, 1.54) is 6.07 Å². The summed E-state index contributed by atoms with van der Waals surface area (Å²) in [5, 5.41) is 0. The highest BCUT2D eigenvalue weighted by molar-refractivity contribution is 5.34. The zero-order chi connectivity index (χ0) is 15.3. The molecule has 114 valence electrons. The van der Waals surface area contributed by atoms with E-state index in [4.69, 9.17) is 5.73 Å². The van der Waals surface area contributed by atoms with E-state index in [-0.39, 0.29) is 6.04 Å². The van der Waals surface area contributed by atoms with Gasteiger partial charge in [0.2, 0.25) is 0 Å². The molecule has 0 amide bonds. The summed E-state index contributed by atoms with van der Waals surface area (Å²) in [4.78, 5) is 0. The molecule has 2 N–H and O–H groups in total. The van der Waals surface area contributed by atoms with Crippen LogP contribution in [-0.4, -0.2) is 0 Å². The normalized spacial score (nSPS) is 13.8. The second-order valence-electron chi connectivity index (χ2n) is 5.43. The summed E-state index contributed by atoms with van der Waals surface area (Å²) >= 11 is 0. The van der Waals surface area contributed by atoms with Crippen LogP contribution in [0, 0.1) is 12.8 Å². The largest absolute Gasteiger partial charge is 0.416 e. The van der Waals surface area contributed by atoms with Crippen LogP contribution in [0.25, 0.3) is 0 Å². The van der Waals surface area contributed by atoms with Gasteiger partial charge < -0.3 is 5.73 Å². The summed E-state index contributed by atoms with van der Waals surface area (Å²) in [6, 6.07) is 3.69. The van der Waals surface area contributed by atoms with Gasteiger partial charge in [0.05, 0.1) is 5.56 Å². The van der Waals surface area contributed by atoms with Gasteiger partial charge in [-0.2, -0.15) is 13.2 Å². The predicted molar refractivity (Wildman–Crippen MR) is 76.4 cm³/mol. The molecule has 1 nitrogen and oxygen atoms in total. The molecule has 1 aromatic carbocycles. The number of nitrogens with two attached hydrogens (primary N) is 1. The highest BCUT2D eigenvalue weighted by Crippen LogP contribution is 2.34. The van der Waals surface area contributed by atoms with Crippen molar-refractivity contribution in [3.63, 3.8) is 0 Å². The highest BCUT2D eigenvalue weighted by atomic mass is 19.4. The first-order valence-electron chi connectivity index (χ1n) is 7.24. The molecule has 0 fully saturated rings. The average molecular weight is 287 g/mol. The van der Waals surface area contributed by atoms with Crippen LogP contribution < -0.4 is 5.73 Å². The Kier molecular flexibility index (Phi) is 6.06. The lowest BCUT2D eigenvalue weighted by Crippen LogP contribution is -2.22. The first-order chi connectivity index (χ1) is 9.31. The van der Waals surface area contributed by atoms with Crippen molar-refractivity contribution in [2.45, 2.75) is 58.7 Å². The maximum absolute atomic E-state index is 12.7. The van der Waals surface area contributed by atoms with Crippen molar-refractivity contribution in [2.75, 3.05) is 0 Å². The first-order valence-corrected chi connectivity index (χ1v) is 7.24. The molecule has 0 saturated heterocycles. The molecule has 1 aromatic rings. The Balaban J connectivity index is 3.00. The van der Waals surface area contributed by atoms with E-state index in [9.17, 15) is 13.2 Å². The number of aryl methyl sites for hydroxylation is 1. The van der Waals surface area contributed by atoms with Gasteiger partial charge in [0.1, 0.15) is 0 Å². The lowest BCUT2D eigenvalue weighted by molar-refractivity contribution is -0.137. The summed E-state index contributed by atoms with van der Waals surface area (Å²) < 4.78 is 38.0. The predicted octanol–water partition coefficient (Wildman–Crippen LogP) is 5.23. The zero-order valence-corrected chi connectivity index (χ0v) is 12.4. The standard InChI is InChI=1S/C16H24F3N/c1-4-6-12(7-5-2)15(20)14-9-8-13(10-11(14)3)16(17,18)19/h8-10,12,15H,4-7,20H2,1-3H3. The number of benzene rings is 1. The van der Waals surface area contributed by atoms with Crippen molar-refractivity contribution in [1.82, 2.24) is 0 Å². The molecular weight excluding hydrogens is 263 g/mol. The molecule has 0 bridgehead atoms. The summed E-state index contributed by atoms with van der Waals surface area (Å²) in [5.74, 6) is 0.334. The van der Waals surface area contributed by atoms with Gasteiger partial charge in [-0.15, -0.1) is 0 Å². The van der Waals surface area contributed by atoms with Crippen molar-refractivity contribution in [3.05, 3.63) is 34.9 Å². The van der Waals surface area contributed by atoms with Crippen molar-refractivity contribution in [1.29, 1.82) is 0 Å². The highest BCUT2D eigenvalue weighted by Gasteiger charge is 2.31. The van der Waals surface area contributed by atoms with Crippen LogP contribution in [0.4, 0.5) is 13.2 Å². The van der Waals surface area contributed by atoms with Crippen LogP contribution in [0.3, 0.4) is 0 Å². The van der Waals surface area contributed by atoms with E-state index < -0.39 is 11.7 Å². The van der Waals surface area contributed by atoms with Gasteiger partial charge in [0, 0.05) is 6.04 Å².